The molecule has 1 aromatic carbocycles. The van der Waals surface area contributed by atoms with E-state index < -0.39 is 0 Å². The van der Waals surface area contributed by atoms with E-state index in [1.807, 2.05) is 0 Å². The fraction of sp³-hybridized carbons (Fsp3) is 0.500. The average molecular weight is 229 g/mol. The zero-order chi connectivity index (χ0) is 12.3. The molecule has 0 aromatic heterocycles. The molecule has 1 heteroatoms. The van der Waals surface area contributed by atoms with E-state index in [-0.39, 0.29) is 0 Å². The van der Waals surface area contributed by atoms with Gasteiger partial charge >= 0.3 is 0 Å². The Hall–Kier alpha value is -1.08. The number of aryl methyl sites for hydroxylation is 1. The summed E-state index contributed by atoms with van der Waals surface area (Å²) in [6.07, 6.45) is 3.68. The molecule has 1 aromatic rings. The lowest BCUT2D eigenvalue weighted by Gasteiger charge is -2.25. The molecule has 0 unspecified atom stereocenters. The number of nitrogens with one attached hydrogen (secondary N) is 1. The molecule has 17 heavy (non-hydrogen) atoms. The van der Waals surface area contributed by atoms with Crippen LogP contribution in [0.1, 0.15) is 49.3 Å². The van der Waals surface area contributed by atoms with E-state index in [9.17, 15) is 0 Å². The van der Waals surface area contributed by atoms with E-state index in [0.29, 0.717) is 0 Å². The van der Waals surface area contributed by atoms with Crippen LogP contribution in [0.15, 0.2) is 24.8 Å². The Morgan fingerprint density at radius 3 is 2.65 bits per heavy atom. The molecular formula is C16H23N. The smallest absolute Gasteiger partial charge is 0.00431 e. The van der Waals surface area contributed by atoms with Crippen LogP contribution in [0.3, 0.4) is 0 Å². The molecule has 0 saturated carbocycles. The van der Waals surface area contributed by atoms with Gasteiger partial charge in [-0.3, -0.25) is 0 Å². The van der Waals surface area contributed by atoms with Crippen molar-refractivity contribution in [3.05, 3.63) is 41.5 Å². The maximum Gasteiger partial charge on any atom is -0.00431 e. The van der Waals surface area contributed by atoms with Crippen molar-refractivity contribution in [1.82, 2.24) is 5.32 Å². The lowest BCUT2D eigenvalue weighted by atomic mass is 9.85. The predicted octanol–water partition coefficient (Wildman–Crippen LogP) is 3.75. The summed E-state index contributed by atoms with van der Waals surface area (Å²) in [4.78, 5) is 0. The molecule has 0 radical (unpaired) electrons. The van der Waals surface area contributed by atoms with E-state index in [1.165, 1.54) is 24.0 Å². The van der Waals surface area contributed by atoms with Gasteiger partial charge in [-0.25, -0.2) is 0 Å². The Labute approximate surface area is 105 Å². The maximum absolute atomic E-state index is 4.03. The van der Waals surface area contributed by atoms with Crippen molar-refractivity contribution in [2.24, 2.45) is 0 Å². The van der Waals surface area contributed by atoms with Crippen molar-refractivity contribution in [2.45, 2.75) is 39.0 Å². The Morgan fingerprint density at radius 2 is 2.06 bits per heavy atom. The number of hydrogen-bond donors (Lipinski definition) is 1. The van der Waals surface area contributed by atoms with Gasteiger partial charge in [0.05, 0.1) is 0 Å². The topological polar surface area (TPSA) is 12.0 Å². The van der Waals surface area contributed by atoms with Gasteiger partial charge in [-0.05, 0) is 61.9 Å². The Bertz CT molecular complexity index is 400. The third-order valence-electron chi connectivity index (χ3n) is 3.80. The lowest BCUT2D eigenvalue weighted by Crippen LogP contribution is -2.27. The first-order valence-corrected chi connectivity index (χ1v) is 6.71. The second-order valence-electron chi connectivity index (χ2n) is 5.07. The molecule has 0 bridgehead atoms. The normalized spacial score (nSPS) is 17.1. The first kappa shape index (κ1) is 12.4. The highest BCUT2D eigenvalue weighted by atomic mass is 14.9. The van der Waals surface area contributed by atoms with Gasteiger partial charge in [-0.15, -0.1) is 0 Å². The van der Waals surface area contributed by atoms with Crippen molar-refractivity contribution in [3.8, 4) is 0 Å². The Balaban J connectivity index is 2.29. The number of hydrogen-bond acceptors (Lipinski definition) is 1. The molecule has 1 nitrogen and oxygen atoms in total. The molecule has 1 fully saturated rings. The van der Waals surface area contributed by atoms with E-state index in [0.717, 1.165) is 31.0 Å². The summed E-state index contributed by atoms with van der Waals surface area (Å²) in [5, 5.41) is 3.44. The SMILES string of the molecule is C=C(C)c1ccc(C2CCNCC2)c(CC)c1. The van der Waals surface area contributed by atoms with Crippen LogP contribution < -0.4 is 5.32 Å². The summed E-state index contributed by atoms with van der Waals surface area (Å²) < 4.78 is 0. The van der Waals surface area contributed by atoms with Gasteiger partial charge in [0.15, 0.2) is 0 Å². The monoisotopic (exact) mass is 229 g/mol. The highest BCUT2D eigenvalue weighted by Crippen LogP contribution is 2.30. The number of allylic oxidation sites excluding steroid dienone is 1. The second kappa shape index (κ2) is 5.50. The highest BCUT2D eigenvalue weighted by molar-refractivity contribution is 5.62. The van der Waals surface area contributed by atoms with Crippen LogP contribution in [0.2, 0.25) is 0 Å². The van der Waals surface area contributed by atoms with E-state index >= 15 is 0 Å². The Morgan fingerprint density at radius 1 is 1.35 bits per heavy atom. The molecule has 1 aliphatic rings. The van der Waals surface area contributed by atoms with Crippen molar-refractivity contribution >= 4 is 5.57 Å². The largest absolute Gasteiger partial charge is 0.317 e. The molecular weight excluding hydrogens is 206 g/mol. The quantitative estimate of drug-likeness (QED) is 0.832. The third-order valence-corrected chi connectivity index (χ3v) is 3.80. The molecule has 1 heterocycles. The Kier molecular flexibility index (Phi) is 4.01. The van der Waals surface area contributed by atoms with Crippen LogP contribution in [-0.4, -0.2) is 13.1 Å². The highest BCUT2D eigenvalue weighted by Gasteiger charge is 2.17. The van der Waals surface area contributed by atoms with Crippen molar-refractivity contribution in [3.63, 3.8) is 0 Å². The van der Waals surface area contributed by atoms with Gasteiger partial charge in [0, 0.05) is 0 Å². The molecule has 0 atom stereocenters. The molecule has 2 rings (SSSR count). The van der Waals surface area contributed by atoms with Crippen LogP contribution in [0, 0.1) is 0 Å². The van der Waals surface area contributed by atoms with Crippen molar-refractivity contribution in [1.29, 1.82) is 0 Å². The molecule has 1 aliphatic heterocycles. The second-order valence-corrected chi connectivity index (χ2v) is 5.07. The average Bonchev–Trinajstić information content (AvgIpc) is 2.39. The molecule has 0 aliphatic carbocycles. The van der Waals surface area contributed by atoms with E-state index in [1.54, 1.807) is 5.56 Å². The summed E-state index contributed by atoms with van der Waals surface area (Å²) in [7, 11) is 0. The molecule has 0 spiro atoms. The van der Waals surface area contributed by atoms with Gasteiger partial charge in [0.1, 0.15) is 0 Å². The molecule has 0 amide bonds. The van der Waals surface area contributed by atoms with Gasteiger partial charge in [0.25, 0.3) is 0 Å². The van der Waals surface area contributed by atoms with Gasteiger partial charge in [-0.2, -0.15) is 0 Å². The fourth-order valence-corrected chi connectivity index (χ4v) is 2.71. The van der Waals surface area contributed by atoms with Gasteiger partial charge in [-0.1, -0.05) is 37.3 Å². The zero-order valence-corrected chi connectivity index (χ0v) is 11.1. The minimum absolute atomic E-state index is 0.755. The van der Waals surface area contributed by atoms with Gasteiger partial charge in [0.2, 0.25) is 0 Å². The summed E-state index contributed by atoms with van der Waals surface area (Å²) in [5.74, 6) is 0.755. The molecule has 92 valence electrons. The summed E-state index contributed by atoms with van der Waals surface area (Å²) in [5.41, 5.74) is 5.53. The first-order chi connectivity index (χ1) is 8.22. The molecule has 1 N–H and O–H groups in total. The standard InChI is InChI=1S/C16H23N/c1-4-13-11-15(12(2)3)5-6-16(13)14-7-9-17-10-8-14/h5-6,11,14,17H,2,4,7-10H2,1,3H3. The van der Waals surface area contributed by atoms with Crippen LogP contribution >= 0.6 is 0 Å². The van der Waals surface area contributed by atoms with E-state index in [4.69, 9.17) is 0 Å². The summed E-state index contributed by atoms with van der Waals surface area (Å²) in [6.45, 7) is 10.7. The van der Waals surface area contributed by atoms with Crippen molar-refractivity contribution < 1.29 is 0 Å². The minimum atomic E-state index is 0.755. The zero-order valence-electron chi connectivity index (χ0n) is 11.1. The third kappa shape index (κ3) is 2.78. The number of rotatable bonds is 3. The maximum atomic E-state index is 4.03. The summed E-state index contributed by atoms with van der Waals surface area (Å²) in [6, 6.07) is 6.90. The van der Waals surface area contributed by atoms with Gasteiger partial charge < -0.3 is 5.32 Å². The number of piperidine rings is 1. The minimum Gasteiger partial charge on any atom is -0.317 e. The first-order valence-electron chi connectivity index (χ1n) is 6.71. The van der Waals surface area contributed by atoms with Crippen LogP contribution in [-0.2, 0) is 6.42 Å². The van der Waals surface area contributed by atoms with E-state index in [2.05, 4.69) is 43.9 Å². The number of benzene rings is 1. The fourth-order valence-electron chi connectivity index (χ4n) is 2.71. The van der Waals surface area contributed by atoms with Crippen LogP contribution in [0.25, 0.3) is 5.57 Å². The lowest BCUT2D eigenvalue weighted by molar-refractivity contribution is 0.458. The van der Waals surface area contributed by atoms with Crippen LogP contribution in [0.5, 0.6) is 0 Å². The van der Waals surface area contributed by atoms with Crippen molar-refractivity contribution in [2.75, 3.05) is 13.1 Å². The predicted molar refractivity (Wildman–Crippen MR) is 75.4 cm³/mol. The van der Waals surface area contributed by atoms with Crippen LogP contribution in [0.4, 0.5) is 0 Å². The summed E-state index contributed by atoms with van der Waals surface area (Å²) >= 11 is 0. The molecule has 1 saturated heterocycles.